The Balaban J connectivity index is 1.52. The van der Waals surface area contributed by atoms with E-state index >= 15 is 0 Å². The molecule has 9 heteroatoms. The van der Waals surface area contributed by atoms with E-state index in [1.54, 1.807) is 17.0 Å². The molecule has 0 aromatic heterocycles. The van der Waals surface area contributed by atoms with Crippen LogP contribution in [0.2, 0.25) is 0 Å². The van der Waals surface area contributed by atoms with Gasteiger partial charge in [0.2, 0.25) is 15.9 Å². The summed E-state index contributed by atoms with van der Waals surface area (Å²) in [6.07, 6.45) is 2.32. The van der Waals surface area contributed by atoms with Gasteiger partial charge in [-0.2, -0.15) is 4.31 Å². The average Bonchev–Trinajstić information content (AvgIpc) is 3.23. The van der Waals surface area contributed by atoms with E-state index in [1.165, 1.54) is 16.1 Å². The summed E-state index contributed by atoms with van der Waals surface area (Å²) >= 11 is 6.82. The molecule has 2 heterocycles. The molecule has 2 aliphatic heterocycles. The first-order valence-electron chi connectivity index (χ1n) is 9.56. The number of carbonyl (C=O) groups excluding carboxylic acids is 1. The number of nitrogens with zero attached hydrogens (tertiary/aromatic N) is 3. The van der Waals surface area contributed by atoms with Crippen molar-refractivity contribution in [2.45, 2.75) is 31.6 Å². The van der Waals surface area contributed by atoms with Crippen molar-refractivity contribution in [3.8, 4) is 0 Å². The van der Waals surface area contributed by atoms with Crippen LogP contribution in [0.1, 0.15) is 24.0 Å². The van der Waals surface area contributed by atoms with E-state index in [9.17, 15) is 13.2 Å². The highest BCUT2D eigenvalue weighted by molar-refractivity contribution is 8.23. The van der Waals surface area contributed by atoms with Crippen LogP contribution in [0.3, 0.4) is 0 Å². The summed E-state index contributed by atoms with van der Waals surface area (Å²) in [7, 11) is -3.52. The van der Waals surface area contributed by atoms with Crippen molar-refractivity contribution in [2.24, 2.45) is 0 Å². The number of likely N-dealkylation sites (tertiary alicyclic amines) is 1. The van der Waals surface area contributed by atoms with E-state index in [4.69, 9.17) is 12.2 Å². The Labute approximate surface area is 177 Å². The molecule has 0 unspecified atom stereocenters. The van der Waals surface area contributed by atoms with Crippen LogP contribution in [0.4, 0.5) is 0 Å². The van der Waals surface area contributed by atoms with Crippen LogP contribution in [0.5, 0.6) is 0 Å². The minimum atomic E-state index is -3.52. The summed E-state index contributed by atoms with van der Waals surface area (Å²) in [6.45, 7) is 7.31. The van der Waals surface area contributed by atoms with Gasteiger partial charge in [-0.1, -0.05) is 30.0 Å². The quantitative estimate of drug-likeness (QED) is 0.668. The van der Waals surface area contributed by atoms with E-state index in [0.717, 1.165) is 41.4 Å². The van der Waals surface area contributed by atoms with Crippen molar-refractivity contribution >= 4 is 44.2 Å². The summed E-state index contributed by atoms with van der Waals surface area (Å²) in [6, 6.07) is 5.21. The third-order valence-corrected chi connectivity index (χ3v) is 8.79. The Hall–Kier alpha value is -1.16. The summed E-state index contributed by atoms with van der Waals surface area (Å²) in [5.74, 6) is 0.342. The predicted molar refractivity (Wildman–Crippen MR) is 117 cm³/mol. The van der Waals surface area contributed by atoms with Gasteiger partial charge >= 0.3 is 0 Å². The molecule has 2 aliphatic rings. The van der Waals surface area contributed by atoms with Gasteiger partial charge in [0.15, 0.2) is 0 Å². The SMILES string of the molecule is Cc1ccc(S(=O)(=O)N2CCN(C(=O)CSC(=S)N3CCCC3)CC2)cc1C. The fourth-order valence-electron chi connectivity index (χ4n) is 3.41. The third kappa shape index (κ3) is 4.87. The monoisotopic (exact) mass is 441 g/mol. The maximum Gasteiger partial charge on any atom is 0.243 e. The second-order valence-corrected chi connectivity index (χ2v) is 10.8. The van der Waals surface area contributed by atoms with E-state index in [1.807, 2.05) is 19.9 Å². The van der Waals surface area contributed by atoms with Gasteiger partial charge < -0.3 is 9.80 Å². The first kappa shape index (κ1) is 21.5. The molecule has 28 heavy (non-hydrogen) atoms. The fraction of sp³-hybridized carbons (Fsp3) is 0.579. The van der Waals surface area contributed by atoms with Gasteiger partial charge in [0.25, 0.3) is 0 Å². The molecule has 1 aromatic carbocycles. The first-order valence-corrected chi connectivity index (χ1v) is 12.4. The number of benzene rings is 1. The molecule has 0 radical (unpaired) electrons. The molecule has 3 rings (SSSR count). The largest absolute Gasteiger partial charge is 0.358 e. The predicted octanol–water partition coefficient (Wildman–Crippen LogP) is 2.25. The zero-order valence-corrected chi connectivity index (χ0v) is 18.8. The van der Waals surface area contributed by atoms with E-state index < -0.39 is 10.0 Å². The third-order valence-electron chi connectivity index (χ3n) is 5.39. The lowest BCUT2D eigenvalue weighted by molar-refractivity contribution is -0.129. The molecule has 0 spiro atoms. The van der Waals surface area contributed by atoms with E-state index in [2.05, 4.69) is 4.90 Å². The van der Waals surface area contributed by atoms with Gasteiger partial charge in [0.1, 0.15) is 4.32 Å². The Kier molecular flexibility index (Phi) is 7.01. The second-order valence-electron chi connectivity index (χ2n) is 7.28. The highest BCUT2D eigenvalue weighted by Gasteiger charge is 2.30. The Morgan fingerprint density at radius 1 is 1.00 bits per heavy atom. The zero-order chi connectivity index (χ0) is 20.3. The Morgan fingerprint density at radius 2 is 1.64 bits per heavy atom. The number of piperazine rings is 1. The lowest BCUT2D eigenvalue weighted by Crippen LogP contribution is -2.51. The van der Waals surface area contributed by atoms with E-state index in [0.29, 0.717) is 36.8 Å². The van der Waals surface area contributed by atoms with E-state index in [-0.39, 0.29) is 5.91 Å². The molecule has 0 saturated carbocycles. The number of hydrogen-bond donors (Lipinski definition) is 0. The lowest BCUT2D eigenvalue weighted by Gasteiger charge is -2.34. The highest BCUT2D eigenvalue weighted by atomic mass is 32.2. The molecule has 2 fully saturated rings. The summed E-state index contributed by atoms with van der Waals surface area (Å²) in [5.41, 5.74) is 2.03. The van der Waals surface area contributed by atoms with Crippen LogP contribution in [0, 0.1) is 13.8 Å². The Morgan fingerprint density at radius 3 is 2.25 bits per heavy atom. The van der Waals surface area contributed by atoms with Crippen molar-refractivity contribution in [3.05, 3.63) is 29.3 Å². The molecule has 1 aromatic rings. The molecule has 0 N–H and O–H groups in total. The van der Waals surface area contributed by atoms with Crippen LogP contribution in [-0.2, 0) is 14.8 Å². The summed E-state index contributed by atoms with van der Waals surface area (Å²) < 4.78 is 28.0. The summed E-state index contributed by atoms with van der Waals surface area (Å²) in [5, 5.41) is 0. The number of thioether (sulfide) groups is 1. The second kappa shape index (κ2) is 9.11. The van der Waals surface area contributed by atoms with Crippen LogP contribution < -0.4 is 0 Å². The number of aryl methyl sites for hydroxylation is 2. The molecular weight excluding hydrogens is 414 g/mol. The van der Waals surface area contributed by atoms with Crippen LogP contribution in [0.15, 0.2) is 23.1 Å². The first-order chi connectivity index (χ1) is 13.3. The highest BCUT2D eigenvalue weighted by Crippen LogP contribution is 2.21. The number of thiocarbonyl (C=S) groups is 1. The molecule has 1 amide bonds. The zero-order valence-electron chi connectivity index (χ0n) is 16.4. The van der Waals surface area contributed by atoms with Crippen LogP contribution >= 0.6 is 24.0 Å². The molecule has 6 nitrogen and oxygen atoms in total. The number of sulfonamides is 1. The number of carbonyl (C=O) groups is 1. The minimum absolute atomic E-state index is 0.0229. The van der Waals surface area contributed by atoms with Gasteiger partial charge in [-0.05, 0) is 49.9 Å². The number of rotatable bonds is 4. The molecular formula is C19H27N3O3S3. The van der Waals surface area contributed by atoms with Crippen LogP contribution in [0.25, 0.3) is 0 Å². The topological polar surface area (TPSA) is 60.9 Å². The van der Waals surface area contributed by atoms with Gasteiger partial charge in [-0.25, -0.2) is 8.42 Å². The standard InChI is InChI=1S/C19H27N3O3S3/c1-15-5-6-17(13-16(15)2)28(24,25)22-11-9-20(10-12-22)18(23)14-27-19(26)21-7-3-4-8-21/h5-6,13H,3-4,7-12,14H2,1-2H3. The van der Waals surface area contributed by atoms with Crippen molar-refractivity contribution in [3.63, 3.8) is 0 Å². The molecule has 154 valence electrons. The molecule has 0 atom stereocenters. The van der Waals surface area contributed by atoms with Crippen molar-refractivity contribution in [1.82, 2.24) is 14.1 Å². The van der Waals surface area contributed by atoms with Crippen molar-refractivity contribution in [1.29, 1.82) is 0 Å². The van der Waals surface area contributed by atoms with Gasteiger partial charge in [-0.15, -0.1) is 0 Å². The number of hydrogen-bond acceptors (Lipinski definition) is 5. The fourth-order valence-corrected chi connectivity index (χ4v) is 6.07. The molecule has 2 saturated heterocycles. The van der Waals surface area contributed by atoms with Gasteiger partial charge in [0.05, 0.1) is 10.6 Å². The normalized spacial score (nSPS) is 18.5. The van der Waals surface area contributed by atoms with Gasteiger partial charge in [-0.3, -0.25) is 4.79 Å². The van der Waals surface area contributed by atoms with Crippen LogP contribution in [-0.4, -0.2) is 77.8 Å². The Bertz CT molecular complexity index is 843. The molecule has 0 aliphatic carbocycles. The van der Waals surface area contributed by atoms with Crippen molar-refractivity contribution < 1.29 is 13.2 Å². The maximum atomic E-state index is 12.9. The summed E-state index contributed by atoms with van der Waals surface area (Å²) in [4.78, 5) is 16.7. The minimum Gasteiger partial charge on any atom is -0.358 e. The number of amides is 1. The maximum absolute atomic E-state index is 12.9. The average molecular weight is 442 g/mol. The molecule has 0 bridgehead atoms. The lowest BCUT2D eigenvalue weighted by atomic mass is 10.1. The van der Waals surface area contributed by atoms with Crippen molar-refractivity contribution in [2.75, 3.05) is 45.0 Å². The smallest absolute Gasteiger partial charge is 0.243 e. The van der Waals surface area contributed by atoms with Gasteiger partial charge in [0, 0.05) is 39.3 Å².